The van der Waals surface area contributed by atoms with Crippen LogP contribution in [0.1, 0.15) is 12.8 Å². The third kappa shape index (κ3) is 4.04. The van der Waals surface area contributed by atoms with Gasteiger partial charge in [-0.25, -0.2) is 4.79 Å². The predicted octanol–water partition coefficient (Wildman–Crippen LogP) is 2.35. The fourth-order valence-corrected chi connectivity index (χ4v) is 1.10. The molecule has 0 saturated carbocycles. The Balaban J connectivity index is 3.88. The largest absolute Gasteiger partial charge is 0.467 e. The zero-order valence-electron chi connectivity index (χ0n) is 6.07. The minimum Gasteiger partial charge on any atom is -0.467 e. The SMILES string of the molecule is COC(=O)C(Cl)(Cl)CCCCl. The highest BCUT2D eigenvalue weighted by molar-refractivity contribution is 6.57. The van der Waals surface area contributed by atoms with Crippen LogP contribution in [0.3, 0.4) is 0 Å². The molecule has 0 amide bonds. The smallest absolute Gasteiger partial charge is 0.342 e. The van der Waals surface area contributed by atoms with E-state index in [9.17, 15) is 4.79 Å². The van der Waals surface area contributed by atoms with E-state index in [-0.39, 0.29) is 0 Å². The van der Waals surface area contributed by atoms with E-state index in [0.29, 0.717) is 18.7 Å². The Morgan fingerprint density at radius 3 is 2.45 bits per heavy atom. The van der Waals surface area contributed by atoms with Crippen LogP contribution in [0.25, 0.3) is 0 Å². The van der Waals surface area contributed by atoms with Gasteiger partial charge in [0.15, 0.2) is 0 Å². The number of halogens is 3. The van der Waals surface area contributed by atoms with Crippen molar-refractivity contribution in [1.82, 2.24) is 0 Å². The molecule has 0 aliphatic carbocycles. The Labute approximate surface area is 80.7 Å². The number of hydrogen-bond acceptors (Lipinski definition) is 2. The summed E-state index contributed by atoms with van der Waals surface area (Å²) in [6.07, 6.45) is 0.899. The van der Waals surface area contributed by atoms with Gasteiger partial charge in [-0.05, 0) is 12.8 Å². The molecule has 0 aromatic rings. The molecule has 5 heteroatoms. The molecule has 11 heavy (non-hydrogen) atoms. The molecule has 0 spiro atoms. The highest BCUT2D eigenvalue weighted by atomic mass is 35.5. The van der Waals surface area contributed by atoms with Gasteiger partial charge in [-0.2, -0.15) is 0 Å². The molecule has 0 saturated heterocycles. The molecular formula is C6H9Cl3O2. The van der Waals surface area contributed by atoms with E-state index in [4.69, 9.17) is 34.8 Å². The van der Waals surface area contributed by atoms with Crippen LogP contribution in [-0.2, 0) is 9.53 Å². The molecule has 0 aromatic carbocycles. The average Bonchev–Trinajstić information content (AvgIpc) is 1.99. The Bertz CT molecular complexity index is 136. The van der Waals surface area contributed by atoms with Crippen LogP contribution in [0.2, 0.25) is 0 Å². The zero-order chi connectivity index (χ0) is 8.91. The molecule has 0 fully saturated rings. The van der Waals surface area contributed by atoms with Crippen LogP contribution in [-0.4, -0.2) is 23.3 Å². The van der Waals surface area contributed by atoms with Gasteiger partial charge in [0, 0.05) is 5.88 Å². The summed E-state index contributed by atoms with van der Waals surface area (Å²) >= 11 is 16.6. The van der Waals surface area contributed by atoms with Crippen molar-refractivity contribution in [2.45, 2.75) is 17.2 Å². The van der Waals surface area contributed by atoms with Crippen LogP contribution in [0.5, 0.6) is 0 Å². The summed E-state index contributed by atoms with van der Waals surface area (Å²) in [4.78, 5) is 10.8. The molecule has 0 atom stereocenters. The van der Waals surface area contributed by atoms with Crippen molar-refractivity contribution in [2.24, 2.45) is 0 Å². The molecule has 0 bridgehead atoms. The summed E-state index contributed by atoms with van der Waals surface area (Å²) in [5.41, 5.74) is 0. The number of rotatable bonds is 4. The molecule has 0 unspecified atom stereocenters. The van der Waals surface area contributed by atoms with Crippen LogP contribution in [0.4, 0.5) is 0 Å². The highest BCUT2D eigenvalue weighted by Gasteiger charge is 2.33. The van der Waals surface area contributed by atoms with Gasteiger partial charge in [0.2, 0.25) is 4.33 Å². The molecule has 0 heterocycles. The van der Waals surface area contributed by atoms with E-state index in [0.717, 1.165) is 0 Å². The lowest BCUT2D eigenvalue weighted by molar-refractivity contribution is -0.141. The molecular weight excluding hydrogens is 210 g/mol. The minimum atomic E-state index is -1.44. The maximum Gasteiger partial charge on any atom is 0.342 e. The molecule has 2 nitrogen and oxygen atoms in total. The Hall–Kier alpha value is 0.340. The number of alkyl halides is 3. The van der Waals surface area contributed by atoms with Crippen molar-refractivity contribution in [2.75, 3.05) is 13.0 Å². The van der Waals surface area contributed by atoms with Crippen molar-refractivity contribution in [1.29, 1.82) is 0 Å². The number of methoxy groups -OCH3 is 1. The molecule has 0 aliphatic rings. The standard InChI is InChI=1S/C6H9Cl3O2/c1-11-5(10)6(8,9)3-2-4-7/h2-4H2,1H3. The summed E-state index contributed by atoms with van der Waals surface area (Å²) in [5, 5.41) is 0. The maximum atomic E-state index is 10.8. The second kappa shape index (κ2) is 5.07. The Kier molecular flexibility index (Phi) is 5.23. The predicted molar refractivity (Wildman–Crippen MR) is 46.4 cm³/mol. The fraction of sp³-hybridized carbons (Fsp3) is 0.833. The second-order valence-corrected chi connectivity index (χ2v) is 3.85. The van der Waals surface area contributed by atoms with Gasteiger partial charge >= 0.3 is 5.97 Å². The summed E-state index contributed by atoms with van der Waals surface area (Å²) in [6, 6.07) is 0. The zero-order valence-corrected chi connectivity index (χ0v) is 8.34. The first-order valence-corrected chi connectivity index (χ1v) is 4.36. The first-order chi connectivity index (χ1) is 5.04. The quantitative estimate of drug-likeness (QED) is 0.536. The molecule has 0 rings (SSSR count). The van der Waals surface area contributed by atoms with Crippen molar-refractivity contribution in [3.8, 4) is 0 Å². The van der Waals surface area contributed by atoms with Gasteiger partial charge in [-0.1, -0.05) is 23.2 Å². The summed E-state index contributed by atoms with van der Waals surface area (Å²) in [7, 11) is 1.24. The third-order valence-electron chi connectivity index (χ3n) is 1.11. The lowest BCUT2D eigenvalue weighted by atomic mass is 10.2. The van der Waals surface area contributed by atoms with Crippen LogP contribution < -0.4 is 0 Å². The first kappa shape index (κ1) is 11.3. The fourth-order valence-electron chi connectivity index (χ4n) is 0.540. The highest BCUT2D eigenvalue weighted by Crippen LogP contribution is 2.28. The van der Waals surface area contributed by atoms with Crippen LogP contribution in [0.15, 0.2) is 0 Å². The van der Waals surface area contributed by atoms with E-state index in [1.54, 1.807) is 0 Å². The first-order valence-electron chi connectivity index (χ1n) is 3.07. The van der Waals surface area contributed by atoms with E-state index in [1.165, 1.54) is 7.11 Å². The lowest BCUT2D eigenvalue weighted by Gasteiger charge is -2.14. The topological polar surface area (TPSA) is 26.3 Å². The summed E-state index contributed by atoms with van der Waals surface area (Å²) in [6.45, 7) is 0. The second-order valence-electron chi connectivity index (χ2n) is 1.99. The van der Waals surface area contributed by atoms with Crippen LogP contribution >= 0.6 is 34.8 Å². The third-order valence-corrected chi connectivity index (χ3v) is 2.06. The molecule has 0 N–H and O–H groups in total. The summed E-state index contributed by atoms with van der Waals surface area (Å²) < 4.78 is 2.93. The number of carbonyl (C=O) groups excluding carboxylic acids is 1. The van der Waals surface area contributed by atoms with E-state index in [2.05, 4.69) is 4.74 Å². The van der Waals surface area contributed by atoms with Crippen LogP contribution in [0, 0.1) is 0 Å². The number of ether oxygens (including phenoxy) is 1. The molecule has 0 radical (unpaired) electrons. The Morgan fingerprint density at radius 2 is 2.09 bits per heavy atom. The monoisotopic (exact) mass is 218 g/mol. The van der Waals surface area contributed by atoms with E-state index >= 15 is 0 Å². The molecule has 0 aliphatic heterocycles. The van der Waals surface area contributed by atoms with Gasteiger partial charge < -0.3 is 4.74 Å². The van der Waals surface area contributed by atoms with E-state index < -0.39 is 10.3 Å². The minimum absolute atomic E-state index is 0.312. The Morgan fingerprint density at radius 1 is 1.55 bits per heavy atom. The van der Waals surface area contributed by atoms with Crippen molar-refractivity contribution in [3.63, 3.8) is 0 Å². The van der Waals surface area contributed by atoms with Gasteiger partial charge in [0.25, 0.3) is 0 Å². The molecule has 66 valence electrons. The van der Waals surface area contributed by atoms with Gasteiger partial charge in [-0.15, -0.1) is 11.6 Å². The average molecular weight is 219 g/mol. The van der Waals surface area contributed by atoms with Gasteiger partial charge in [-0.3, -0.25) is 0 Å². The van der Waals surface area contributed by atoms with Crippen molar-refractivity contribution >= 4 is 40.8 Å². The maximum absolute atomic E-state index is 10.8. The van der Waals surface area contributed by atoms with Crippen molar-refractivity contribution in [3.05, 3.63) is 0 Å². The van der Waals surface area contributed by atoms with Gasteiger partial charge in [0.1, 0.15) is 0 Å². The van der Waals surface area contributed by atoms with Gasteiger partial charge in [0.05, 0.1) is 7.11 Å². The summed E-state index contributed by atoms with van der Waals surface area (Å²) in [5.74, 6) is -0.205. The lowest BCUT2D eigenvalue weighted by Crippen LogP contribution is -2.27. The number of esters is 1. The number of hydrogen-bond donors (Lipinski definition) is 0. The van der Waals surface area contributed by atoms with Crippen molar-refractivity contribution < 1.29 is 9.53 Å². The number of carbonyl (C=O) groups is 1. The molecule has 0 aromatic heterocycles. The normalized spacial score (nSPS) is 11.3. The van der Waals surface area contributed by atoms with E-state index in [1.807, 2.05) is 0 Å².